The van der Waals surface area contributed by atoms with Crippen molar-refractivity contribution in [3.63, 3.8) is 0 Å². The maximum absolute atomic E-state index is 13.2. The minimum absolute atomic E-state index is 0.0406. The number of thioether (sulfide) groups is 1. The van der Waals surface area contributed by atoms with Gasteiger partial charge >= 0.3 is 0 Å². The first-order valence-electron chi connectivity index (χ1n) is 12.4. The highest BCUT2D eigenvalue weighted by Crippen LogP contribution is 2.36. The molecule has 0 aromatic heterocycles. The van der Waals surface area contributed by atoms with E-state index in [4.69, 9.17) is 14.5 Å². The lowest BCUT2D eigenvalue weighted by Gasteiger charge is -2.15. The Bertz CT molecular complexity index is 1380. The van der Waals surface area contributed by atoms with Crippen molar-refractivity contribution in [2.75, 3.05) is 13.7 Å². The number of carbonyl (C=O) groups is 1. The van der Waals surface area contributed by atoms with Gasteiger partial charge in [0, 0.05) is 6.54 Å². The molecule has 0 atom stereocenters. The molecule has 0 saturated carbocycles. The van der Waals surface area contributed by atoms with Crippen LogP contribution in [-0.2, 0) is 11.4 Å². The number of hydrogen-bond acceptors (Lipinski definition) is 5. The van der Waals surface area contributed by atoms with Gasteiger partial charge in [0.25, 0.3) is 5.91 Å². The summed E-state index contributed by atoms with van der Waals surface area (Å²) in [7, 11) is 1.63. The Balaban J connectivity index is 1.57. The van der Waals surface area contributed by atoms with E-state index < -0.39 is 0 Å². The molecule has 1 aliphatic heterocycles. The molecule has 1 fully saturated rings. The van der Waals surface area contributed by atoms with E-state index >= 15 is 0 Å². The Morgan fingerprint density at radius 2 is 1.62 bits per heavy atom. The smallest absolute Gasteiger partial charge is 0.266 e. The Hall–Kier alpha value is -3.51. The highest BCUT2D eigenvalue weighted by Gasteiger charge is 2.32. The summed E-state index contributed by atoms with van der Waals surface area (Å²) >= 11 is 1.40. The third-order valence-electron chi connectivity index (χ3n) is 6.48. The summed E-state index contributed by atoms with van der Waals surface area (Å²) in [5.41, 5.74) is 8.83. The number of aliphatic imine (C=N–C) groups is 1. The van der Waals surface area contributed by atoms with Gasteiger partial charge in [-0.05, 0) is 111 Å². The number of benzene rings is 3. The van der Waals surface area contributed by atoms with Crippen LogP contribution in [0.1, 0.15) is 45.9 Å². The van der Waals surface area contributed by atoms with E-state index in [1.807, 2.05) is 51.1 Å². The number of carbonyl (C=O) groups excluding carboxylic acids is 1. The molecule has 192 valence electrons. The summed E-state index contributed by atoms with van der Waals surface area (Å²) in [6.45, 7) is 13.4. The molecule has 3 aromatic carbocycles. The first-order valence-corrected chi connectivity index (χ1v) is 13.3. The molecule has 0 unspecified atom stereocenters. The zero-order valence-electron chi connectivity index (χ0n) is 22.6. The minimum Gasteiger partial charge on any atom is -0.493 e. The molecule has 1 amide bonds. The lowest BCUT2D eigenvalue weighted by Crippen LogP contribution is -2.28. The molecule has 0 bridgehead atoms. The third-order valence-corrected chi connectivity index (χ3v) is 7.49. The van der Waals surface area contributed by atoms with E-state index in [1.54, 1.807) is 12.0 Å². The Morgan fingerprint density at radius 1 is 0.892 bits per heavy atom. The van der Waals surface area contributed by atoms with E-state index in [0.29, 0.717) is 34.7 Å². The van der Waals surface area contributed by atoms with Crippen molar-refractivity contribution in [3.05, 3.63) is 92.4 Å². The van der Waals surface area contributed by atoms with Crippen molar-refractivity contribution in [1.82, 2.24) is 4.90 Å². The van der Waals surface area contributed by atoms with Crippen LogP contribution in [-0.4, -0.2) is 29.6 Å². The van der Waals surface area contributed by atoms with E-state index in [0.717, 1.165) is 22.4 Å². The maximum Gasteiger partial charge on any atom is 0.266 e. The molecule has 4 rings (SSSR count). The van der Waals surface area contributed by atoms with Gasteiger partial charge in [-0.1, -0.05) is 35.9 Å². The topological polar surface area (TPSA) is 51.1 Å². The average Bonchev–Trinajstić information content (AvgIpc) is 3.14. The minimum atomic E-state index is -0.0406. The van der Waals surface area contributed by atoms with Crippen LogP contribution in [0.5, 0.6) is 11.5 Å². The van der Waals surface area contributed by atoms with Crippen LogP contribution in [0.15, 0.2) is 58.4 Å². The van der Waals surface area contributed by atoms with Gasteiger partial charge in [0.15, 0.2) is 16.7 Å². The normalized spacial score (nSPS) is 15.6. The van der Waals surface area contributed by atoms with Crippen LogP contribution in [0.3, 0.4) is 0 Å². The third kappa shape index (κ3) is 5.91. The predicted octanol–water partition coefficient (Wildman–Crippen LogP) is 7.44. The van der Waals surface area contributed by atoms with Gasteiger partial charge in [-0.2, -0.15) is 0 Å². The summed E-state index contributed by atoms with van der Waals surface area (Å²) < 4.78 is 11.8. The van der Waals surface area contributed by atoms with E-state index in [1.165, 1.54) is 34.0 Å². The van der Waals surface area contributed by atoms with Crippen molar-refractivity contribution in [2.45, 2.75) is 48.1 Å². The second kappa shape index (κ2) is 11.3. The van der Waals surface area contributed by atoms with Gasteiger partial charge in [0.1, 0.15) is 6.61 Å². The molecule has 1 aliphatic rings. The largest absolute Gasteiger partial charge is 0.493 e. The molecule has 0 radical (unpaired) electrons. The SMILES string of the molecule is CCN1C(=O)/C(=C\c2ccc(OCc3c(C)cc(C)cc3C)c(OC)c2)SC1=Nc1cc(C)ccc1C. The molecular formula is C31H34N2O3S. The number of nitrogens with zero attached hydrogens (tertiary/aromatic N) is 2. The van der Waals surface area contributed by atoms with Crippen molar-refractivity contribution in [2.24, 2.45) is 4.99 Å². The molecule has 0 N–H and O–H groups in total. The van der Waals surface area contributed by atoms with Crippen molar-refractivity contribution in [3.8, 4) is 11.5 Å². The van der Waals surface area contributed by atoms with E-state index in [2.05, 4.69) is 45.0 Å². The fourth-order valence-electron chi connectivity index (χ4n) is 4.45. The Kier molecular flexibility index (Phi) is 8.08. The van der Waals surface area contributed by atoms with Crippen LogP contribution in [0.25, 0.3) is 6.08 Å². The molecule has 6 heteroatoms. The number of amidine groups is 1. The Labute approximate surface area is 224 Å². The molecule has 0 aliphatic carbocycles. The molecule has 0 spiro atoms. The fourth-order valence-corrected chi connectivity index (χ4v) is 5.50. The van der Waals surface area contributed by atoms with Crippen LogP contribution in [0, 0.1) is 34.6 Å². The second-order valence-electron chi connectivity index (χ2n) is 9.42. The van der Waals surface area contributed by atoms with Gasteiger partial charge in [-0.3, -0.25) is 9.69 Å². The Morgan fingerprint density at radius 3 is 2.30 bits per heavy atom. The number of ether oxygens (including phenoxy) is 2. The number of amides is 1. The first-order chi connectivity index (χ1) is 17.7. The summed E-state index contributed by atoms with van der Waals surface area (Å²) in [4.78, 5) is 20.3. The lowest BCUT2D eigenvalue weighted by molar-refractivity contribution is -0.122. The van der Waals surface area contributed by atoms with Crippen LogP contribution in [0.4, 0.5) is 5.69 Å². The maximum atomic E-state index is 13.2. The van der Waals surface area contributed by atoms with Crippen molar-refractivity contribution < 1.29 is 14.3 Å². The second-order valence-corrected chi connectivity index (χ2v) is 10.4. The number of hydrogen-bond donors (Lipinski definition) is 0. The predicted molar refractivity (Wildman–Crippen MR) is 154 cm³/mol. The zero-order valence-corrected chi connectivity index (χ0v) is 23.5. The standard InChI is InChI=1S/C31H34N2O3S/c1-8-33-30(34)29(37-31(33)32-26-15-19(2)9-10-21(26)4)17-24-11-12-27(28(16-24)35-7)36-18-25-22(5)13-20(3)14-23(25)6/h9-17H,8,18H2,1-7H3/b29-17+,32-31?. The fraction of sp³-hybridized carbons (Fsp3) is 0.290. The van der Waals surface area contributed by atoms with Gasteiger partial charge in [-0.15, -0.1) is 0 Å². The summed E-state index contributed by atoms with van der Waals surface area (Å²) in [6.07, 6.45) is 1.89. The highest BCUT2D eigenvalue weighted by atomic mass is 32.2. The van der Waals surface area contributed by atoms with Crippen LogP contribution >= 0.6 is 11.8 Å². The van der Waals surface area contributed by atoms with Crippen LogP contribution < -0.4 is 9.47 Å². The molecule has 5 nitrogen and oxygen atoms in total. The monoisotopic (exact) mass is 514 g/mol. The quantitative estimate of drug-likeness (QED) is 0.308. The van der Waals surface area contributed by atoms with Gasteiger partial charge in [0.05, 0.1) is 17.7 Å². The van der Waals surface area contributed by atoms with E-state index in [-0.39, 0.29) is 5.91 Å². The van der Waals surface area contributed by atoms with Gasteiger partial charge in [0.2, 0.25) is 0 Å². The van der Waals surface area contributed by atoms with Crippen LogP contribution in [0.2, 0.25) is 0 Å². The number of methoxy groups -OCH3 is 1. The summed E-state index contributed by atoms with van der Waals surface area (Å²) in [5, 5.41) is 0.697. The number of rotatable bonds is 7. The highest BCUT2D eigenvalue weighted by molar-refractivity contribution is 8.18. The molecule has 3 aromatic rings. The number of aryl methyl sites for hydroxylation is 5. The molecule has 1 saturated heterocycles. The lowest BCUT2D eigenvalue weighted by atomic mass is 10.0. The summed E-state index contributed by atoms with van der Waals surface area (Å²) in [5.74, 6) is 1.26. The van der Waals surface area contributed by atoms with Gasteiger partial charge in [-0.25, -0.2) is 4.99 Å². The number of likely N-dealkylation sites (N-methyl/N-ethyl adjacent to an activating group) is 1. The molecular weight excluding hydrogens is 480 g/mol. The first kappa shape index (κ1) is 26.6. The van der Waals surface area contributed by atoms with E-state index in [9.17, 15) is 4.79 Å². The summed E-state index contributed by atoms with van der Waals surface area (Å²) in [6, 6.07) is 16.3. The van der Waals surface area contributed by atoms with Crippen molar-refractivity contribution in [1.29, 1.82) is 0 Å². The average molecular weight is 515 g/mol. The molecule has 1 heterocycles. The molecule has 37 heavy (non-hydrogen) atoms. The van der Waals surface area contributed by atoms with Crippen molar-refractivity contribution >= 4 is 34.6 Å². The zero-order chi connectivity index (χ0) is 26.7. The van der Waals surface area contributed by atoms with Gasteiger partial charge < -0.3 is 9.47 Å².